The summed E-state index contributed by atoms with van der Waals surface area (Å²) in [6, 6.07) is 3.93. The van der Waals surface area contributed by atoms with Gasteiger partial charge in [0.05, 0.1) is 11.9 Å². The molecule has 0 atom stereocenters. The van der Waals surface area contributed by atoms with Crippen LogP contribution < -0.4 is 10.1 Å². The number of carbonyl (C=O) groups is 1. The van der Waals surface area contributed by atoms with Crippen LogP contribution in [-0.4, -0.2) is 42.0 Å². The van der Waals surface area contributed by atoms with Gasteiger partial charge in [0, 0.05) is 19.6 Å². The molecule has 0 aliphatic carbocycles. The summed E-state index contributed by atoms with van der Waals surface area (Å²) < 4.78 is 5.45. The lowest BCUT2D eigenvalue weighted by Crippen LogP contribution is -2.36. The van der Waals surface area contributed by atoms with E-state index in [0.29, 0.717) is 5.75 Å². The first-order valence-corrected chi connectivity index (χ1v) is 7.08. The Balaban J connectivity index is 2.40. The Morgan fingerprint density at radius 3 is 2.75 bits per heavy atom. The molecule has 112 valence electrons. The lowest BCUT2D eigenvalue weighted by molar-refractivity contribution is -0.133. The predicted octanol–water partition coefficient (Wildman–Crippen LogP) is 1.83. The highest BCUT2D eigenvalue weighted by molar-refractivity contribution is 5.77. The van der Waals surface area contributed by atoms with Gasteiger partial charge in [0.15, 0.2) is 6.61 Å². The lowest BCUT2D eigenvalue weighted by atomic mass is 10.3. The number of pyridine rings is 1. The van der Waals surface area contributed by atoms with Crippen molar-refractivity contribution in [2.75, 3.05) is 20.2 Å². The van der Waals surface area contributed by atoms with Crippen LogP contribution in [0.2, 0.25) is 0 Å². The topological polar surface area (TPSA) is 54.5 Å². The molecule has 0 aliphatic rings. The van der Waals surface area contributed by atoms with Crippen LogP contribution >= 0.6 is 0 Å². The van der Waals surface area contributed by atoms with Crippen molar-refractivity contribution in [2.45, 2.75) is 39.8 Å². The van der Waals surface area contributed by atoms with Gasteiger partial charge in [-0.2, -0.15) is 0 Å². The number of hydrogen-bond donors (Lipinski definition) is 1. The summed E-state index contributed by atoms with van der Waals surface area (Å²) in [5, 5.41) is 3.28. The third-order valence-corrected chi connectivity index (χ3v) is 3.06. The van der Waals surface area contributed by atoms with Crippen molar-refractivity contribution in [1.29, 1.82) is 0 Å². The second kappa shape index (κ2) is 8.53. The summed E-state index contributed by atoms with van der Waals surface area (Å²) >= 11 is 0. The van der Waals surface area contributed by atoms with E-state index in [1.807, 2.05) is 26.0 Å². The molecule has 1 N–H and O–H groups in total. The smallest absolute Gasteiger partial charge is 0.260 e. The first-order valence-electron chi connectivity index (χ1n) is 7.08. The standard InChI is InChI=1S/C15H25N3O2/c1-5-8-16-9-13-6-7-14(10-17-13)20-11-15(19)18(4)12(2)3/h6-7,10,12,16H,5,8-9,11H2,1-4H3. The molecule has 0 aliphatic heterocycles. The molecule has 1 amide bonds. The van der Waals surface area contributed by atoms with Crippen LogP contribution in [0.5, 0.6) is 5.75 Å². The van der Waals surface area contributed by atoms with Crippen LogP contribution in [0.3, 0.4) is 0 Å². The molecule has 0 saturated carbocycles. The number of likely N-dealkylation sites (N-methyl/N-ethyl adjacent to an activating group) is 1. The summed E-state index contributed by atoms with van der Waals surface area (Å²) in [5.74, 6) is 0.587. The maximum atomic E-state index is 11.8. The van der Waals surface area contributed by atoms with Crippen molar-refractivity contribution in [2.24, 2.45) is 0 Å². The van der Waals surface area contributed by atoms with Crippen LogP contribution in [-0.2, 0) is 11.3 Å². The van der Waals surface area contributed by atoms with Crippen molar-refractivity contribution in [1.82, 2.24) is 15.2 Å². The molecule has 1 heterocycles. The molecular weight excluding hydrogens is 254 g/mol. The summed E-state index contributed by atoms with van der Waals surface area (Å²) in [6.07, 6.45) is 2.76. The number of aromatic nitrogens is 1. The molecule has 0 bridgehead atoms. The fourth-order valence-corrected chi connectivity index (χ4v) is 1.53. The van der Waals surface area contributed by atoms with Gasteiger partial charge >= 0.3 is 0 Å². The second-order valence-electron chi connectivity index (χ2n) is 5.05. The molecule has 1 aromatic rings. The normalized spacial score (nSPS) is 10.7. The minimum atomic E-state index is -0.0336. The summed E-state index contributed by atoms with van der Waals surface area (Å²) in [6.45, 7) is 7.85. The van der Waals surface area contributed by atoms with E-state index in [1.54, 1.807) is 18.1 Å². The van der Waals surface area contributed by atoms with E-state index in [2.05, 4.69) is 17.2 Å². The number of carbonyl (C=O) groups excluding carboxylic acids is 1. The zero-order valence-corrected chi connectivity index (χ0v) is 12.8. The van der Waals surface area contributed by atoms with Crippen molar-refractivity contribution >= 4 is 5.91 Å². The lowest BCUT2D eigenvalue weighted by Gasteiger charge is -2.21. The highest BCUT2D eigenvalue weighted by atomic mass is 16.5. The van der Waals surface area contributed by atoms with Gasteiger partial charge in [-0.1, -0.05) is 6.92 Å². The summed E-state index contributed by atoms with van der Waals surface area (Å²) in [4.78, 5) is 17.7. The molecule has 0 radical (unpaired) electrons. The molecule has 1 rings (SSSR count). The Bertz CT molecular complexity index is 404. The Kier molecular flexibility index (Phi) is 7.01. The highest BCUT2D eigenvalue weighted by Crippen LogP contribution is 2.09. The minimum Gasteiger partial charge on any atom is -0.482 e. The van der Waals surface area contributed by atoms with E-state index >= 15 is 0 Å². The van der Waals surface area contributed by atoms with Gasteiger partial charge < -0.3 is 15.0 Å². The number of nitrogens with one attached hydrogen (secondary N) is 1. The van der Waals surface area contributed by atoms with E-state index in [-0.39, 0.29) is 18.6 Å². The van der Waals surface area contributed by atoms with Gasteiger partial charge in [0.25, 0.3) is 5.91 Å². The molecule has 1 aromatic heterocycles. The third kappa shape index (κ3) is 5.57. The molecule has 20 heavy (non-hydrogen) atoms. The van der Waals surface area contributed by atoms with Gasteiger partial charge in [0.2, 0.25) is 0 Å². The van der Waals surface area contributed by atoms with Crippen molar-refractivity contribution in [3.63, 3.8) is 0 Å². The SMILES string of the molecule is CCCNCc1ccc(OCC(=O)N(C)C(C)C)cn1. The second-order valence-corrected chi connectivity index (χ2v) is 5.05. The summed E-state index contributed by atoms with van der Waals surface area (Å²) in [7, 11) is 1.77. The fraction of sp³-hybridized carbons (Fsp3) is 0.600. The average molecular weight is 279 g/mol. The number of amides is 1. The number of rotatable bonds is 8. The molecule has 0 fully saturated rings. The van der Waals surface area contributed by atoms with Crippen LogP contribution in [0, 0.1) is 0 Å². The first-order chi connectivity index (χ1) is 9.54. The van der Waals surface area contributed by atoms with Crippen molar-refractivity contribution < 1.29 is 9.53 Å². The zero-order chi connectivity index (χ0) is 15.0. The van der Waals surface area contributed by atoms with Gasteiger partial charge in [-0.15, -0.1) is 0 Å². The average Bonchev–Trinajstić information content (AvgIpc) is 2.45. The molecule has 5 heteroatoms. The van der Waals surface area contributed by atoms with E-state index < -0.39 is 0 Å². The van der Waals surface area contributed by atoms with Crippen LogP contribution in [0.4, 0.5) is 0 Å². The maximum Gasteiger partial charge on any atom is 0.260 e. The highest BCUT2D eigenvalue weighted by Gasteiger charge is 2.12. The Labute approximate surface area is 121 Å². The quantitative estimate of drug-likeness (QED) is 0.738. The van der Waals surface area contributed by atoms with E-state index in [9.17, 15) is 4.79 Å². The monoisotopic (exact) mass is 279 g/mol. The number of ether oxygens (including phenoxy) is 1. The molecular formula is C15H25N3O2. The van der Waals surface area contributed by atoms with Gasteiger partial charge in [-0.25, -0.2) is 0 Å². The van der Waals surface area contributed by atoms with Crippen LogP contribution in [0.1, 0.15) is 32.9 Å². The van der Waals surface area contributed by atoms with Gasteiger partial charge in [0.1, 0.15) is 5.75 Å². The number of nitrogens with zero attached hydrogens (tertiary/aromatic N) is 2. The molecule has 0 aromatic carbocycles. The van der Waals surface area contributed by atoms with E-state index in [4.69, 9.17) is 4.74 Å². The third-order valence-electron chi connectivity index (χ3n) is 3.06. The van der Waals surface area contributed by atoms with Gasteiger partial charge in [-0.3, -0.25) is 9.78 Å². The van der Waals surface area contributed by atoms with E-state index in [0.717, 1.165) is 25.2 Å². The first kappa shape index (κ1) is 16.4. The zero-order valence-electron chi connectivity index (χ0n) is 12.8. The van der Waals surface area contributed by atoms with Crippen molar-refractivity contribution in [3.05, 3.63) is 24.0 Å². The van der Waals surface area contributed by atoms with E-state index in [1.165, 1.54) is 0 Å². The fourth-order valence-electron chi connectivity index (χ4n) is 1.53. The maximum absolute atomic E-state index is 11.8. The Hall–Kier alpha value is -1.62. The molecule has 0 saturated heterocycles. The predicted molar refractivity (Wildman–Crippen MR) is 79.6 cm³/mol. The van der Waals surface area contributed by atoms with Crippen LogP contribution in [0.15, 0.2) is 18.3 Å². The summed E-state index contributed by atoms with van der Waals surface area (Å²) in [5.41, 5.74) is 0.969. The minimum absolute atomic E-state index is 0.0336. The van der Waals surface area contributed by atoms with Crippen molar-refractivity contribution in [3.8, 4) is 5.75 Å². The number of hydrogen-bond acceptors (Lipinski definition) is 4. The van der Waals surface area contributed by atoms with Gasteiger partial charge in [-0.05, 0) is 38.9 Å². The Morgan fingerprint density at radius 1 is 1.45 bits per heavy atom. The molecule has 5 nitrogen and oxygen atoms in total. The Morgan fingerprint density at radius 2 is 2.20 bits per heavy atom. The largest absolute Gasteiger partial charge is 0.482 e. The molecule has 0 spiro atoms. The van der Waals surface area contributed by atoms with Crippen LogP contribution in [0.25, 0.3) is 0 Å². The molecule has 0 unspecified atom stereocenters.